The molecule has 0 spiro atoms. The number of aromatic carboxylic acids is 4. The van der Waals surface area contributed by atoms with Gasteiger partial charge in [-0.15, -0.1) is 6.07 Å². The Hall–Kier alpha value is -2.90. The van der Waals surface area contributed by atoms with Gasteiger partial charge >= 0.3 is 0 Å². The first-order valence-corrected chi connectivity index (χ1v) is 5.70. The number of hydrogen-bond donors (Lipinski definition) is 4. The van der Waals surface area contributed by atoms with E-state index in [2.05, 4.69) is 0 Å². The second kappa shape index (κ2) is 8.52. The average molecular weight is 362 g/mol. The molecule has 0 unspecified atom stereocenters. The molecule has 0 saturated carbocycles. The van der Waals surface area contributed by atoms with Gasteiger partial charge in [-0.2, -0.15) is 0 Å². The van der Waals surface area contributed by atoms with Crippen LogP contribution < -0.4 is 0 Å². The summed E-state index contributed by atoms with van der Waals surface area (Å²) in [5, 5.41) is 34.8. The molecular weight excluding hydrogens is 352 g/mol. The predicted octanol–water partition coefficient (Wildman–Crippen LogP) is 1.60. The van der Waals surface area contributed by atoms with Gasteiger partial charge in [-0.05, 0) is 22.3 Å². The molecule has 2 aromatic carbocycles. The van der Waals surface area contributed by atoms with E-state index < -0.39 is 46.1 Å². The van der Waals surface area contributed by atoms with E-state index in [0.717, 1.165) is 0 Å². The van der Waals surface area contributed by atoms with Crippen molar-refractivity contribution < 1.29 is 56.7 Å². The molecule has 0 radical (unpaired) electrons. The molecule has 4 N–H and O–H groups in total. The number of hydrogen-bond acceptors (Lipinski definition) is 4. The average Bonchev–Trinajstić information content (AvgIpc) is 3.09. The van der Waals surface area contributed by atoms with Crippen LogP contribution in [0.25, 0.3) is 0 Å². The van der Waals surface area contributed by atoms with Gasteiger partial charge in [0.1, 0.15) is 0 Å². The van der Waals surface area contributed by atoms with E-state index in [4.69, 9.17) is 20.4 Å². The standard InChI is InChI=1S/C9H5O8.C5H5.Fe/c10-6(11)2-1-3(7(12)13)5(9(16)17)4(2)8(14)15;1-2-4-5-3-1;/h1H,(H,10,11)(H,12,13)(H,14,15)(H,16,17);1-5H;/q-1;-5;. The topological polar surface area (TPSA) is 149 Å². The number of carboxylic acids is 4. The fourth-order valence-corrected chi connectivity index (χ4v) is 1.66. The minimum absolute atomic E-state index is 0. The van der Waals surface area contributed by atoms with Crippen LogP contribution in [-0.4, -0.2) is 44.3 Å². The molecule has 0 aliphatic carbocycles. The Labute approximate surface area is 139 Å². The first-order valence-electron chi connectivity index (χ1n) is 5.70. The third-order valence-electron chi connectivity index (χ3n) is 2.52. The van der Waals surface area contributed by atoms with Crippen LogP contribution in [0.4, 0.5) is 0 Å². The van der Waals surface area contributed by atoms with Crippen LogP contribution in [0.5, 0.6) is 0 Å². The quantitative estimate of drug-likeness (QED) is 0.473. The Kier molecular flexibility index (Phi) is 7.45. The second-order valence-electron chi connectivity index (χ2n) is 3.90. The maximum absolute atomic E-state index is 10.8. The predicted molar refractivity (Wildman–Crippen MR) is 71.9 cm³/mol. The summed E-state index contributed by atoms with van der Waals surface area (Å²) < 4.78 is 0. The van der Waals surface area contributed by atoms with E-state index in [9.17, 15) is 19.2 Å². The zero-order valence-electron chi connectivity index (χ0n) is 11.2. The maximum atomic E-state index is 10.8. The van der Waals surface area contributed by atoms with Crippen molar-refractivity contribution in [2.24, 2.45) is 0 Å². The third-order valence-corrected chi connectivity index (χ3v) is 2.52. The van der Waals surface area contributed by atoms with Gasteiger partial charge in [0.05, 0.1) is 0 Å². The minimum atomic E-state index is -1.81. The van der Waals surface area contributed by atoms with Crippen molar-refractivity contribution in [3.63, 3.8) is 0 Å². The molecule has 0 saturated heterocycles. The molecule has 0 bridgehead atoms. The Morgan fingerprint density at radius 3 is 1.48 bits per heavy atom. The molecule has 0 aliphatic rings. The monoisotopic (exact) mass is 362 g/mol. The van der Waals surface area contributed by atoms with Gasteiger partial charge in [-0.3, -0.25) is 14.4 Å². The van der Waals surface area contributed by atoms with Gasteiger partial charge in [0.25, 0.3) is 17.9 Å². The van der Waals surface area contributed by atoms with Gasteiger partial charge < -0.3 is 55.6 Å². The number of carbonyl (C=O) groups is 4. The molecule has 0 amide bonds. The zero-order valence-corrected chi connectivity index (χ0v) is 12.3. The normalized spacial score (nSPS) is 9.04. The molecule has 9 heteroatoms. The zero-order chi connectivity index (χ0) is 16.9. The van der Waals surface area contributed by atoms with Crippen LogP contribution in [-0.2, 0) is 17.1 Å². The Bertz CT molecular complexity index is 648. The van der Waals surface area contributed by atoms with Crippen molar-refractivity contribution in [3.8, 4) is 0 Å². The molecule has 2 rings (SSSR count). The summed E-state index contributed by atoms with van der Waals surface area (Å²) in [7, 11) is 0. The SMILES string of the molecule is O=C(O)c1c[c-](C(=O)O)c(C(=O)O)c1C(=O)O.[Fe].[cH-]1[cH-][cH-][cH-][cH-]1. The first kappa shape index (κ1) is 20.1. The molecule has 0 atom stereocenters. The second-order valence-corrected chi connectivity index (χ2v) is 3.90. The van der Waals surface area contributed by atoms with Crippen LogP contribution in [0.3, 0.4) is 0 Å². The fourth-order valence-electron chi connectivity index (χ4n) is 1.66. The summed E-state index contributed by atoms with van der Waals surface area (Å²) in [4.78, 5) is 42.9. The van der Waals surface area contributed by atoms with E-state index >= 15 is 0 Å². The van der Waals surface area contributed by atoms with E-state index in [1.165, 1.54) is 0 Å². The van der Waals surface area contributed by atoms with Crippen molar-refractivity contribution >= 4 is 23.9 Å². The van der Waals surface area contributed by atoms with Gasteiger partial charge in [0.2, 0.25) is 5.97 Å². The fraction of sp³-hybridized carbons (Fsp3) is 0. The minimum Gasteiger partial charge on any atom is -0.748 e. The Morgan fingerprint density at radius 1 is 0.783 bits per heavy atom. The van der Waals surface area contributed by atoms with Crippen LogP contribution in [0.2, 0.25) is 0 Å². The van der Waals surface area contributed by atoms with Crippen molar-refractivity contribution in [1.29, 1.82) is 0 Å². The van der Waals surface area contributed by atoms with Gasteiger partial charge in [0, 0.05) is 17.1 Å². The summed E-state index contributed by atoms with van der Waals surface area (Å²) in [6, 6.07) is 10.5. The summed E-state index contributed by atoms with van der Waals surface area (Å²) >= 11 is 0. The smallest absolute Gasteiger partial charge is 0.292 e. The molecule has 23 heavy (non-hydrogen) atoms. The molecule has 0 aliphatic heterocycles. The summed E-state index contributed by atoms with van der Waals surface area (Å²) in [6.45, 7) is 0. The van der Waals surface area contributed by atoms with Crippen LogP contribution in [0.15, 0.2) is 36.4 Å². The first-order chi connectivity index (χ1) is 10.3. The Morgan fingerprint density at radius 2 is 1.22 bits per heavy atom. The van der Waals surface area contributed by atoms with E-state index in [-0.39, 0.29) is 17.1 Å². The van der Waals surface area contributed by atoms with Crippen molar-refractivity contribution in [3.05, 3.63) is 58.7 Å². The van der Waals surface area contributed by atoms with Crippen molar-refractivity contribution in [1.82, 2.24) is 0 Å². The van der Waals surface area contributed by atoms with E-state index in [0.29, 0.717) is 6.07 Å². The number of rotatable bonds is 4. The molecule has 2 aromatic rings. The van der Waals surface area contributed by atoms with Crippen molar-refractivity contribution in [2.45, 2.75) is 0 Å². The summed E-state index contributed by atoms with van der Waals surface area (Å²) in [5.74, 6) is -7.05. The van der Waals surface area contributed by atoms with Crippen molar-refractivity contribution in [2.75, 3.05) is 0 Å². The van der Waals surface area contributed by atoms with Crippen LogP contribution in [0.1, 0.15) is 41.4 Å². The van der Waals surface area contributed by atoms with Crippen LogP contribution >= 0.6 is 0 Å². The summed E-state index contributed by atoms with van der Waals surface area (Å²) in [5.41, 5.74) is -3.82. The van der Waals surface area contributed by atoms with Gasteiger partial charge in [0.15, 0.2) is 0 Å². The maximum Gasteiger partial charge on any atom is 0.292 e. The van der Waals surface area contributed by atoms with Gasteiger partial charge in [-0.25, -0.2) is 0 Å². The molecule has 128 valence electrons. The molecule has 8 nitrogen and oxygen atoms in total. The van der Waals surface area contributed by atoms with E-state index in [1.54, 1.807) is 0 Å². The molecule has 0 aromatic heterocycles. The van der Waals surface area contributed by atoms with Crippen LogP contribution in [0, 0.1) is 0 Å². The number of carboxylic acid groups (broad SMARTS) is 4. The van der Waals surface area contributed by atoms with E-state index in [1.807, 2.05) is 30.3 Å². The summed E-state index contributed by atoms with van der Waals surface area (Å²) in [6.07, 6.45) is 0. The molecule has 0 heterocycles. The molecular formula is C14H10FeO8-6. The Balaban J connectivity index is 0.000000684. The van der Waals surface area contributed by atoms with Gasteiger partial charge in [-0.1, -0.05) is 0 Å². The molecule has 0 fully saturated rings. The largest absolute Gasteiger partial charge is 0.748 e. The third kappa shape index (κ3) is 4.80.